The smallest absolute Gasteiger partial charge is 0.0597 e. The highest BCUT2D eigenvalue weighted by atomic mass is 16.5. The van der Waals surface area contributed by atoms with Crippen LogP contribution in [0.3, 0.4) is 0 Å². The fourth-order valence-electron chi connectivity index (χ4n) is 2.95. The van der Waals surface area contributed by atoms with Crippen LogP contribution in [0, 0.1) is 0 Å². The van der Waals surface area contributed by atoms with Crippen LogP contribution in [0.4, 0.5) is 0 Å². The molecule has 0 aromatic carbocycles. The van der Waals surface area contributed by atoms with Gasteiger partial charge in [-0.1, -0.05) is 19.8 Å². The van der Waals surface area contributed by atoms with E-state index in [1.807, 2.05) is 0 Å². The average Bonchev–Trinajstić information content (AvgIpc) is 2.75. The van der Waals surface area contributed by atoms with Gasteiger partial charge in [0.25, 0.3) is 0 Å². The van der Waals surface area contributed by atoms with Crippen LogP contribution in [0.1, 0.15) is 45.4 Å². The Morgan fingerprint density at radius 3 is 2.76 bits per heavy atom. The summed E-state index contributed by atoms with van der Waals surface area (Å²) in [6, 6.07) is 0.732. The Balaban J connectivity index is 1.58. The average molecular weight is 240 g/mol. The Morgan fingerprint density at radius 1 is 1.18 bits per heavy atom. The quantitative estimate of drug-likeness (QED) is 0.795. The van der Waals surface area contributed by atoms with Gasteiger partial charge >= 0.3 is 0 Å². The largest absolute Gasteiger partial charge is 0.377 e. The number of rotatable bonds is 5. The van der Waals surface area contributed by atoms with E-state index < -0.39 is 0 Å². The van der Waals surface area contributed by atoms with Crippen molar-refractivity contribution in [2.24, 2.45) is 0 Å². The van der Waals surface area contributed by atoms with Gasteiger partial charge in [0.15, 0.2) is 0 Å². The van der Waals surface area contributed by atoms with E-state index in [1.165, 1.54) is 51.6 Å². The normalized spacial score (nSPS) is 28.4. The summed E-state index contributed by atoms with van der Waals surface area (Å²) >= 11 is 0. The Morgan fingerprint density at radius 2 is 2.00 bits per heavy atom. The van der Waals surface area contributed by atoms with Gasteiger partial charge in [-0.2, -0.15) is 0 Å². The zero-order valence-corrected chi connectivity index (χ0v) is 11.3. The first-order chi connectivity index (χ1) is 8.38. The van der Waals surface area contributed by atoms with E-state index in [0.29, 0.717) is 6.10 Å². The van der Waals surface area contributed by atoms with Gasteiger partial charge in [-0.25, -0.2) is 0 Å². The monoisotopic (exact) mass is 240 g/mol. The van der Waals surface area contributed by atoms with Crippen LogP contribution in [0.5, 0.6) is 0 Å². The molecule has 2 fully saturated rings. The number of nitrogens with zero attached hydrogens (tertiary/aromatic N) is 1. The maximum absolute atomic E-state index is 5.94. The van der Waals surface area contributed by atoms with Gasteiger partial charge in [-0.3, -0.25) is 4.90 Å². The summed E-state index contributed by atoms with van der Waals surface area (Å²) in [4.78, 5) is 2.55. The molecular formula is C14H28N2O. The van der Waals surface area contributed by atoms with Crippen LogP contribution in [0.2, 0.25) is 0 Å². The van der Waals surface area contributed by atoms with Gasteiger partial charge in [0.05, 0.1) is 12.7 Å². The minimum Gasteiger partial charge on any atom is -0.377 e. The molecule has 1 unspecified atom stereocenters. The van der Waals surface area contributed by atoms with E-state index in [1.54, 1.807) is 0 Å². The molecular weight excluding hydrogens is 212 g/mol. The van der Waals surface area contributed by atoms with E-state index >= 15 is 0 Å². The lowest BCUT2D eigenvalue weighted by Crippen LogP contribution is -2.32. The second kappa shape index (κ2) is 7.34. The molecule has 0 aromatic rings. The number of hydrogen-bond donors (Lipinski definition) is 1. The molecule has 1 atom stereocenters. The molecule has 2 aliphatic rings. The summed E-state index contributed by atoms with van der Waals surface area (Å²) < 4.78 is 5.94. The summed E-state index contributed by atoms with van der Waals surface area (Å²) in [6.07, 6.45) is 8.45. The predicted octanol–water partition coefficient (Wildman–Crippen LogP) is 2.02. The Bertz CT molecular complexity index is 204. The van der Waals surface area contributed by atoms with Crippen LogP contribution in [-0.4, -0.2) is 49.8 Å². The zero-order valence-electron chi connectivity index (χ0n) is 11.3. The highest BCUT2D eigenvalue weighted by Crippen LogP contribution is 2.20. The first-order valence-corrected chi connectivity index (χ1v) is 7.46. The van der Waals surface area contributed by atoms with Crippen molar-refractivity contribution < 1.29 is 4.74 Å². The molecule has 100 valence electrons. The minimum atomic E-state index is 0.573. The topological polar surface area (TPSA) is 24.5 Å². The molecule has 1 aliphatic heterocycles. The van der Waals surface area contributed by atoms with Crippen molar-refractivity contribution in [3.8, 4) is 0 Å². The summed E-state index contributed by atoms with van der Waals surface area (Å²) in [5, 5.41) is 3.61. The molecule has 3 heteroatoms. The highest BCUT2D eigenvalue weighted by molar-refractivity contribution is 4.74. The third kappa shape index (κ3) is 4.57. The van der Waals surface area contributed by atoms with Crippen LogP contribution in [0.25, 0.3) is 0 Å². The predicted molar refractivity (Wildman–Crippen MR) is 71.3 cm³/mol. The van der Waals surface area contributed by atoms with Crippen LogP contribution in [0.15, 0.2) is 0 Å². The van der Waals surface area contributed by atoms with Crippen LogP contribution < -0.4 is 5.32 Å². The molecule has 17 heavy (non-hydrogen) atoms. The third-order valence-electron chi connectivity index (χ3n) is 4.21. The molecule has 1 saturated carbocycles. The molecule has 3 nitrogen and oxygen atoms in total. The number of ether oxygens (including phenoxy) is 1. The van der Waals surface area contributed by atoms with E-state index in [2.05, 4.69) is 17.1 Å². The minimum absolute atomic E-state index is 0.573. The maximum atomic E-state index is 5.94. The first kappa shape index (κ1) is 13.3. The van der Waals surface area contributed by atoms with Crippen LogP contribution >= 0.6 is 0 Å². The zero-order chi connectivity index (χ0) is 11.9. The summed E-state index contributed by atoms with van der Waals surface area (Å²) in [5.41, 5.74) is 0. The molecule has 1 saturated heterocycles. The molecule has 0 bridgehead atoms. The fourth-order valence-corrected chi connectivity index (χ4v) is 2.95. The molecule has 0 amide bonds. The van der Waals surface area contributed by atoms with Gasteiger partial charge in [0.1, 0.15) is 0 Å². The maximum Gasteiger partial charge on any atom is 0.0597 e. The molecule has 1 N–H and O–H groups in total. The van der Waals surface area contributed by atoms with Crippen molar-refractivity contribution in [3.05, 3.63) is 0 Å². The van der Waals surface area contributed by atoms with Gasteiger partial charge in [0.2, 0.25) is 0 Å². The molecule has 0 radical (unpaired) electrons. The summed E-state index contributed by atoms with van der Waals surface area (Å²) in [7, 11) is 0. The van der Waals surface area contributed by atoms with E-state index in [4.69, 9.17) is 4.74 Å². The fraction of sp³-hybridized carbons (Fsp3) is 1.00. The van der Waals surface area contributed by atoms with Crippen molar-refractivity contribution in [1.82, 2.24) is 10.2 Å². The second-order valence-electron chi connectivity index (χ2n) is 5.47. The molecule has 1 heterocycles. The van der Waals surface area contributed by atoms with E-state index in [-0.39, 0.29) is 0 Å². The first-order valence-electron chi connectivity index (χ1n) is 7.46. The number of nitrogens with one attached hydrogen (secondary N) is 1. The molecule has 2 rings (SSSR count). The number of hydrogen-bond acceptors (Lipinski definition) is 3. The lowest BCUT2D eigenvalue weighted by Gasteiger charge is -2.20. The molecule has 0 aromatic heterocycles. The standard InChI is InChI=1S/C14H28N2O/c1-2-13-7-9-16(10-8-15-13)11-12-17-14-5-3-4-6-14/h13-15H,2-12H2,1H3. The highest BCUT2D eigenvalue weighted by Gasteiger charge is 2.17. The Labute approximate surface area is 106 Å². The van der Waals surface area contributed by atoms with Gasteiger partial charge in [-0.05, 0) is 32.2 Å². The molecule has 1 aliphatic carbocycles. The van der Waals surface area contributed by atoms with Crippen molar-refractivity contribution in [3.63, 3.8) is 0 Å². The lowest BCUT2D eigenvalue weighted by molar-refractivity contribution is 0.0428. The van der Waals surface area contributed by atoms with Gasteiger partial charge < -0.3 is 10.1 Å². The van der Waals surface area contributed by atoms with Crippen molar-refractivity contribution in [2.45, 2.75) is 57.6 Å². The van der Waals surface area contributed by atoms with E-state index in [0.717, 1.165) is 25.7 Å². The van der Waals surface area contributed by atoms with Crippen LogP contribution in [-0.2, 0) is 4.74 Å². The second-order valence-corrected chi connectivity index (χ2v) is 5.47. The summed E-state index contributed by atoms with van der Waals surface area (Å²) in [6.45, 7) is 7.89. The summed E-state index contributed by atoms with van der Waals surface area (Å²) in [5.74, 6) is 0. The van der Waals surface area contributed by atoms with E-state index in [9.17, 15) is 0 Å². The van der Waals surface area contributed by atoms with Gasteiger partial charge in [-0.15, -0.1) is 0 Å². The third-order valence-corrected chi connectivity index (χ3v) is 4.21. The lowest BCUT2D eigenvalue weighted by atomic mass is 10.1. The Kier molecular flexibility index (Phi) is 5.75. The van der Waals surface area contributed by atoms with Crippen molar-refractivity contribution in [1.29, 1.82) is 0 Å². The SMILES string of the molecule is CCC1CCN(CCOC2CCCC2)CCN1. The molecule has 0 spiro atoms. The van der Waals surface area contributed by atoms with Gasteiger partial charge in [0, 0.05) is 25.7 Å². The Hall–Kier alpha value is -0.120. The van der Waals surface area contributed by atoms with Crippen molar-refractivity contribution in [2.75, 3.05) is 32.8 Å². The van der Waals surface area contributed by atoms with Crippen molar-refractivity contribution >= 4 is 0 Å².